The van der Waals surface area contributed by atoms with E-state index in [2.05, 4.69) is 15.3 Å². The normalized spacial score (nSPS) is 10.2. The van der Waals surface area contributed by atoms with Crippen LogP contribution in [0, 0.1) is 6.92 Å². The number of H-pyrrole nitrogens is 1. The van der Waals surface area contributed by atoms with Crippen molar-refractivity contribution in [2.45, 2.75) is 20.4 Å². The summed E-state index contributed by atoms with van der Waals surface area (Å²) in [7, 11) is 0. The molecule has 17 heavy (non-hydrogen) atoms. The zero-order valence-electron chi connectivity index (χ0n) is 10.2. The average molecular weight is 231 g/mol. The number of benzene rings is 1. The van der Waals surface area contributed by atoms with E-state index < -0.39 is 0 Å². The highest BCUT2D eigenvalue weighted by Gasteiger charge is 2.00. The Kier molecular flexibility index (Phi) is 3.65. The van der Waals surface area contributed by atoms with Gasteiger partial charge in [-0.25, -0.2) is 4.98 Å². The Hall–Kier alpha value is -1.97. The molecule has 0 amide bonds. The first-order valence-corrected chi connectivity index (χ1v) is 5.75. The topological polar surface area (TPSA) is 49.9 Å². The number of aromatic nitrogens is 2. The average Bonchev–Trinajstić information content (AvgIpc) is 2.75. The Balaban J connectivity index is 1.93. The van der Waals surface area contributed by atoms with Gasteiger partial charge in [0.15, 0.2) is 0 Å². The number of ether oxygens (including phenoxy) is 1. The Morgan fingerprint density at radius 2 is 2.06 bits per heavy atom. The number of nitrogens with zero attached hydrogens (tertiary/aromatic N) is 1. The summed E-state index contributed by atoms with van der Waals surface area (Å²) in [5, 5.41) is 3.32. The predicted molar refractivity (Wildman–Crippen MR) is 68.3 cm³/mol. The van der Waals surface area contributed by atoms with Crippen molar-refractivity contribution in [1.29, 1.82) is 0 Å². The molecule has 0 saturated carbocycles. The third-order valence-electron chi connectivity index (χ3n) is 2.56. The fraction of sp³-hybridized carbons (Fsp3) is 0.308. The molecule has 0 aliphatic heterocycles. The first kappa shape index (κ1) is 11.5. The summed E-state index contributed by atoms with van der Waals surface area (Å²) in [6.07, 6.45) is 1.71. The van der Waals surface area contributed by atoms with Crippen LogP contribution >= 0.6 is 0 Å². The van der Waals surface area contributed by atoms with Crippen LogP contribution in [0.1, 0.15) is 18.3 Å². The lowest BCUT2D eigenvalue weighted by atomic mass is 10.3. The van der Waals surface area contributed by atoms with Crippen LogP contribution in [0.25, 0.3) is 0 Å². The maximum absolute atomic E-state index is 5.39. The molecule has 0 spiro atoms. The van der Waals surface area contributed by atoms with E-state index in [0.29, 0.717) is 6.61 Å². The molecular weight excluding hydrogens is 214 g/mol. The van der Waals surface area contributed by atoms with Gasteiger partial charge >= 0.3 is 0 Å². The quantitative estimate of drug-likeness (QED) is 0.831. The highest BCUT2D eigenvalue weighted by molar-refractivity contribution is 5.46. The highest BCUT2D eigenvalue weighted by Crippen LogP contribution is 2.16. The van der Waals surface area contributed by atoms with Crippen LogP contribution < -0.4 is 10.1 Å². The second-order valence-corrected chi connectivity index (χ2v) is 3.79. The largest absolute Gasteiger partial charge is 0.494 e. The molecule has 0 bridgehead atoms. The van der Waals surface area contributed by atoms with E-state index in [4.69, 9.17) is 4.74 Å². The first-order chi connectivity index (χ1) is 8.29. The van der Waals surface area contributed by atoms with Crippen molar-refractivity contribution in [2.24, 2.45) is 0 Å². The third-order valence-corrected chi connectivity index (χ3v) is 2.56. The van der Waals surface area contributed by atoms with Gasteiger partial charge in [0.05, 0.1) is 25.2 Å². The van der Waals surface area contributed by atoms with E-state index in [1.807, 2.05) is 38.1 Å². The van der Waals surface area contributed by atoms with Crippen molar-refractivity contribution in [1.82, 2.24) is 9.97 Å². The number of hydrogen-bond donors (Lipinski definition) is 2. The maximum atomic E-state index is 5.39. The van der Waals surface area contributed by atoms with E-state index >= 15 is 0 Å². The number of nitrogens with one attached hydrogen (secondary N) is 2. The zero-order valence-corrected chi connectivity index (χ0v) is 10.2. The van der Waals surface area contributed by atoms with Crippen molar-refractivity contribution in [2.75, 3.05) is 11.9 Å². The fourth-order valence-corrected chi connectivity index (χ4v) is 1.59. The number of aryl methyl sites for hydroxylation is 1. The molecule has 0 radical (unpaired) electrons. The van der Waals surface area contributed by atoms with Crippen LogP contribution in [0.4, 0.5) is 5.69 Å². The SMILES string of the molecule is CCOc1ccc(NCc2nc[nH]c2C)cc1. The molecule has 2 rings (SSSR count). The van der Waals surface area contributed by atoms with Gasteiger partial charge in [0.1, 0.15) is 5.75 Å². The van der Waals surface area contributed by atoms with Crippen molar-refractivity contribution < 1.29 is 4.74 Å². The summed E-state index contributed by atoms with van der Waals surface area (Å²) in [5.41, 5.74) is 3.21. The molecule has 2 N–H and O–H groups in total. The van der Waals surface area contributed by atoms with E-state index in [1.165, 1.54) is 0 Å². The number of rotatable bonds is 5. The molecular formula is C13H17N3O. The van der Waals surface area contributed by atoms with Gasteiger partial charge in [-0.3, -0.25) is 0 Å². The van der Waals surface area contributed by atoms with E-state index in [-0.39, 0.29) is 0 Å². The lowest BCUT2D eigenvalue weighted by Gasteiger charge is -2.07. The molecule has 0 atom stereocenters. The Morgan fingerprint density at radius 1 is 1.29 bits per heavy atom. The van der Waals surface area contributed by atoms with E-state index in [9.17, 15) is 0 Å². The van der Waals surface area contributed by atoms with Gasteiger partial charge in [-0.2, -0.15) is 0 Å². The van der Waals surface area contributed by atoms with Gasteiger partial charge in [0.2, 0.25) is 0 Å². The summed E-state index contributed by atoms with van der Waals surface area (Å²) in [5.74, 6) is 0.897. The molecule has 0 aliphatic carbocycles. The van der Waals surface area contributed by atoms with Crippen molar-refractivity contribution >= 4 is 5.69 Å². The molecule has 90 valence electrons. The standard InChI is InChI=1S/C13H17N3O/c1-3-17-12-6-4-11(5-7-12)14-8-13-10(2)15-9-16-13/h4-7,9,14H,3,8H2,1-2H3,(H,15,16). The Morgan fingerprint density at radius 3 is 2.65 bits per heavy atom. The molecule has 0 saturated heterocycles. The number of anilines is 1. The van der Waals surface area contributed by atoms with Crippen LogP contribution in [0.3, 0.4) is 0 Å². The minimum absolute atomic E-state index is 0.694. The van der Waals surface area contributed by atoms with Crippen molar-refractivity contribution in [3.05, 3.63) is 42.0 Å². The molecule has 1 heterocycles. The predicted octanol–water partition coefficient (Wildman–Crippen LogP) is 2.73. The number of aromatic amines is 1. The zero-order chi connectivity index (χ0) is 12.1. The van der Waals surface area contributed by atoms with Gasteiger partial charge in [-0.15, -0.1) is 0 Å². The monoisotopic (exact) mass is 231 g/mol. The lowest BCUT2D eigenvalue weighted by Crippen LogP contribution is -2.01. The summed E-state index contributed by atoms with van der Waals surface area (Å²) in [6, 6.07) is 7.94. The third kappa shape index (κ3) is 3.00. The van der Waals surface area contributed by atoms with Gasteiger partial charge in [-0.1, -0.05) is 0 Å². The molecule has 0 unspecified atom stereocenters. The minimum Gasteiger partial charge on any atom is -0.494 e. The fourth-order valence-electron chi connectivity index (χ4n) is 1.59. The number of imidazole rings is 1. The summed E-state index contributed by atoms with van der Waals surface area (Å²) in [4.78, 5) is 7.29. The van der Waals surface area contributed by atoms with Gasteiger partial charge in [-0.05, 0) is 38.1 Å². The molecule has 4 nitrogen and oxygen atoms in total. The second-order valence-electron chi connectivity index (χ2n) is 3.79. The van der Waals surface area contributed by atoms with Gasteiger partial charge < -0.3 is 15.0 Å². The first-order valence-electron chi connectivity index (χ1n) is 5.75. The number of hydrogen-bond acceptors (Lipinski definition) is 3. The lowest BCUT2D eigenvalue weighted by molar-refractivity contribution is 0.340. The molecule has 2 aromatic rings. The van der Waals surface area contributed by atoms with Gasteiger partial charge in [0.25, 0.3) is 0 Å². The summed E-state index contributed by atoms with van der Waals surface area (Å²) >= 11 is 0. The minimum atomic E-state index is 0.694. The van der Waals surface area contributed by atoms with E-state index in [1.54, 1.807) is 6.33 Å². The molecule has 4 heteroatoms. The van der Waals surface area contributed by atoms with Crippen LogP contribution in [0.2, 0.25) is 0 Å². The summed E-state index contributed by atoms with van der Waals surface area (Å²) in [6.45, 7) is 5.41. The van der Waals surface area contributed by atoms with Crippen LogP contribution in [-0.4, -0.2) is 16.6 Å². The van der Waals surface area contributed by atoms with Crippen molar-refractivity contribution in [3.63, 3.8) is 0 Å². The smallest absolute Gasteiger partial charge is 0.119 e. The van der Waals surface area contributed by atoms with Crippen LogP contribution in [-0.2, 0) is 6.54 Å². The highest BCUT2D eigenvalue weighted by atomic mass is 16.5. The van der Waals surface area contributed by atoms with E-state index in [0.717, 1.165) is 29.4 Å². The van der Waals surface area contributed by atoms with Crippen LogP contribution in [0.15, 0.2) is 30.6 Å². The molecule has 0 fully saturated rings. The van der Waals surface area contributed by atoms with Crippen molar-refractivity contribution in [3.8, 4) is 5.75 Å². The Bertz CT molecular complexity index is 462. The molecule has 1 aromatic carbocycles. The van der Waals surface area contributed by atoms with Crippen LogP contribution in [0.5, 0.6) is 5.75 Å². The molecule has 0 aliphatic rings. The molecule has 1 aromatic heterocycles. The van der Waals surface area contributed by atoms with Gasteiger partial charge in [0, 0.05) is 11.4 Å². The Labute approximate surface area is 101 Å². The maximum Gasteiger partial charge on any atom is 0.119 e. The second kappa shape index (κ2) is 5.39. The summed E-state index contributed by atoms with van der Waals surface area (Å²) < 4.78 is 5.39.